The molecule has 0 aliphatic carbocycles. The van der Waals surface area contributed by atoms with E-state index in [4.69, 9.17) is 0 Å². The van der Waals surface area contributed by atoms with Crippen LogP contribution < -0.4 is 0 Å². The van der Waals surface area contributed by atoms with Crippen molar-refractivity contribution in [2.24, 2.45) is 0 Å². The second-order valence-electron chi connectivity index (χ2n) is 2.62. The van der Waals surface area contributed by atoms with Crippen molar-refractivity contribution in [3.05, 3.63) is 60.2 Å². The average molecular weight is 179 g/mol. The van der Waals surface area contributed by atoms with Crippen LogP contribution in [0.15, 0.2) is 42.9 Å². The summed E-state index contributed by atoms with van der Waals surface area (Å²) in [7, 11) is 0. The molecule has 0 N–H and O–H groups in total. The van der Waals surface area contributed by atoms with Crippen molar-refractivity contribution < 1.29 is 0 Å². The Bertz CT molecular complexity index is 408. The summed E-state index contributed by atoms with van der Waals surface area (Å²) in [5.41, 5.74) is 1.53. The zero-order valence-corrected chi connectivity index (χ0v) is 7.44. The van der Waals surface area contributed by atoms with Crippen molar-refractivity contribution in [3.63, 3.8) is 0 Å². The lowest BCUT2D eigenvalue weighted by molar-refractivity contribution is 1.17. The lowest BCUT2D eigenvalue weighted by atomic mass is 10.2. The first-order chi connectivity index (χ1) is 6.95. The van der Waals surface area contributed by atoms with Gasteiger partial charge in [0.2, 0.25) is 0 Å². The van der Waals surface area contributed by atoms with Gasteiger partial charge in [0.25, 0.3) is 0 Å². The number of hydrogen-bond donors (Lipinski definition) is 0. The van der Waals surface area contributed by atoms with E-state index in [1.165, 1.54) is 0 Å². The minimum Gasteiger partial charge on any atom is -0.260 e. The maximum Gasteiger partial charge on any atom is 0.131 e. The van der Waals surface area contributed by atoms with Gasteiger partial charge in [0, 0.05) is 18.0 Å². The molecule has 2 heteroatoms. The van der Waals surface area contributed by atoms with Crippen LogP contribution in [-0.2, 0) is 0 Å². The molecular formula is C12H7N2. The number of nitrogens with zero attached hydrogens (tertiary/aromatic N) is 2. The van der Waals surface area contributed by atoms with Crippen LogP contribution in [-0.4, -0.2) is 9.97 Å². The van der Waals surface area contributed by atoms with E-state index in [1.54, 1.807) is 18.6 Å². The van der Waals surface area contributed by atoms with Crippen molar-refractivity contribution in [2.45, 2.75) is 0 Å². The fourth-order valence-electron chi connectivity index (χ4n) is 0.966. The lowest BCUT2D eigenvalue weighted by Gasteiger charge is -1.86. The van der Waals surface area contributed by atoms with Gasteiger partial charge in [-0.2, -0.15) is 0 Å². The first kappa shape index (κ1) is 8.46. The standard InChI is InChI=1S/C12H7N2/c1-2-4-11(5-3-1)6-7-12-10-13-8-9-14-12/h1-4,8-10H. The van der Waals surface area contributed by atoms with Gasteiger partial charge in [-0.25, -0.2) is 4.98 Å². The maximum atomic E-state index is 4.04. The van der Waals surface area contributed by atoms with Crippen molar-refractivity contribution in [1.82, 2.24) is 9.97 Å². The number of aromatic nitrogens is 2. The topological polar surface area (TPSA) is 25.8 Å². The van der Waals surface area contributed by atoms with Crippen molar-refractivity contribution in [3.8, 4) is 11.8 Å². The third-order valence-corrected chi connectivity index (χ3v) is 1.60. The molecule has 2 rings (SSSR count). The molecule has 0 fully saturated rings. The van der Waals surface area contributed by atoms with Gasteiger partial charge in [-0.05, 0) is 18.1 Å². The van der Waals surface area contributed by atoms with Crippen LogP contribution in [0.2, 0.25) is 0 Å². The van der Waals surface area contributed by atoms with Crippen LogP contribution in [0.1, 0.15) is 11.3 Å². The van der Waals surface area contributed by atoms with Gasteiger partial charge in [-0.3, -0.25) is 4.98 Å². The molecule has 2 aromatic rings. The van der Waals surface area contributed by atoms with Crippen molar-refractivity contribution in [2.75, 3.05) is 0 Å². The zero-order valence-electron chi connectivity index (χ0n) is 7.44. The molecule has 0 atom stereocenters. The average Bonchev–Trinajstić information content (AvgIpc) is 2.29. The highest BCUT2D eigenvalue weighted by atomic mass is 14.7. The molecular weight excluding hydrogens is 172 g/mol. The van der Waals surface area contributed by atoms with Crippen LogP contribution in [0.4, 0.5) is 0 Å². The molecule has 1 aromatic carbocycles. The first-order valence-corrected chi connectivity index (χ1v) is 4.20. The summed E-state index contributed by atoms with van der Waals surface area (Å²) in [5, 5.41) is 0. The Hall–Kier alpha value is -2.14. The van der Waals surface area contributed by atoms with E-state index in [0.29, 0.717) is 5.69 Å². The summed E-state index contributed by atoms with van der Waals surface area (Å²) in [5.74, 6) is 5.86. The van der Waals surface area contributed by atoms with Crippen LogP contribution in [0.25, 0.3) is 0 Å². The van der Waals surface area contributed by atoms with Gasteiger partial charge >= 0.3 is 0 Å². The van der Waals surface area contributed by atoms with E-state index < -0.39 is 0 Å². The van der Waals surface area contributed by atoms with Crippen LogP contribution in [0.3, 0.4) is 0 Å². The molecule has 0 spiro atoms. The summed E-state index contributed by atoms with van der Waals surface area (Å²) in [6.07, 6.45) is 4.88. The van der Waals surface area contributed by atoms with E-state index in [0.717, 1.165) is 5.56 Å². The fraction of sp³-hybridized carbons (Fsp3) is 0. The molecule has 0 saturated carbocycles. The smallest absolute Gasteiger partial charge is 0.131 e. The Morgan fingerprint density at radius 2 is 2.14 bits per heavy atom. The Morgan fingerprint density at radius 3 is 2.86 bits per heavy atom. The molecule has 0 aliphatic rings. The third-order valence-electron chi connectivity index (χ3n) is 1.60. The molecule has 1 heterocycles. The van der Waals surface area contributed by atoms with Crippen molar-refractivity contribution >= 4 is 0 Å². The number of hydrogen-bond acceptors (Lipinski definition) is 2. The van der Waals surface area contributed by atoms with E-state index in [9.17, 15) is 0 Å². The molecule has 0 aliphatic heterocycles. The van der Waals surface area contributed by atoms with Crippen molar-refractivity contribution in [1.29, 1.82) is 0 Å². The van der Waals surface area contributed by atoms with Gasteiger partial charge in [0.1, 0.15) is 5.69 Å². The van der Waals surface area contributed by atoms with Gasteiger partial charge < -0.3 is 0 Å². The number of benzene rings is 1. The first-order valence-electron chi connectivity index (χ1n) is 4.20. The molecule has 0 saturated heterocycles. The van der Waals surface area contributed by atoms with Crippen LogP contribution in [0.5, 0.6) is 0 Å². The fourth-order valence-corrected chi connectivity index (χ4v) is 0.966. The number of rotatable bonds is 0. The molecule has 1 aromatic heterocycles. The summed E-state index contributed by atoms with van der Waals surface area (Å²) in [6, 6.07) is 10.6. The Kier molecular flexibility index (Phi) is 2.54. The highest BCUT2D eigenvalue weighted by Crippen LogP contribution is 1.94. The monoisotopic (exact) mass is 179 g/mol. The van der Waals surface area contributed by atoms with Gasteiger partial charge in [0.15, 0.2) is 0 Å². The predicted octanol–water partition coefficient (Wildman–Crippen LogP) is 1.68. The lowest BCUT2D eigenvalue weighted by Crippen LogP contribution is -1.82. The SMILES string of the molecule is C(#Cc1cnccn1)c1[c]cccc1. The Balaban J connectivity index is 2.24. The molecule has 0 amide bonds. The second kappa shape index (κ2) is 4.20. The van der Waals surface area contributed by atoms with Crippen LogP contribution in [0, 0.1) is 17.9 Å². The third kappa shape index (κ3) is 2.18. The molecule has 1 radical (unpaired) electrons. The molecule has 0 bridgehead atoms. The molecule has 2 nitrogen and oxygen atoms in total. The summed E-state index contributed by atoms with van der Waals surface area (Å²) in [4.78, 5) is 7.97. The van der Waals surface area contributed by atoms with E-state index in [2.05, 4.69) is 27.9 Å². The quantitative estimate of drug-likeness (QED) is 0.575. The predicted molar refractivity (Wildman–Crippen MR) is 53.3 cm³/mol. The Labute approximate surface area is 82.7 Å². The summed E-state index contributed by atoms with van der Waals surface area (Å²) in [6.45, 7) is 0. The molecule has 14 heavy (non-hydrogen) atoms. The minimum absolute atomic E-state index is 0.671. The normalized spacial score (nSPS) is 8.86. The molecule has 65 valence electrons. The van der Waals surface area contributed by atoms with Crippen LogP contribution >= 0.6 is 0 Å². The van der Waals surface area contributed by atoms with Gasteiger partial charge in [0.05, 0.1) is 6.20 Å². The van der Waals surface area contributed by atoms with Gasteiger partial charge in [-0.15, -0.1) is 0 Å². The van der Waals surface area contributed by atoms with E-state index >= 15 is 0 Å². The summed E-state index contributed by atoms with van der Waals surface area (Å²) >= 11 is 0. The highest BCUT2D eigenvalue weighted by Gasteiger charge is 1.85. The largest absolute Gasteiger partial charge is 0.260 e. The van der Waals surface area contributed by atoms with Gasteiger partial charge in [-0.1, -0.05) is 24.1 Å². The Morgan fingerprint density at radius 1 is 1.14 bits per heavy atom. The zero-order chi connectivity index (χ0) is 9.64. The minimum atomic E-state index is 0.671. The highest BCUT2D eigenvalue weighted by molar-refractivity contribution is 5.38. The molecule has 0 unspecified atom stereocenters. The summed E-state index contributed by atoms with van der Waals surface area (Å²) < 4.78 is 0. The maximum absolute atomic E-state index is 4.04. The van der Waals surface area contributed by atoms with E-state index in [1.807, 2.05) is 24.3 Å². The van der Waals surface area contributed by atoms with E-state index in [-0.39, 0.29) is 0 Å². The second-order valence-corrected chi connectivity index (χ2v) is 2.62.